The van der Waals surface area contributed by atoms with E-state index in [1.165, 1.54) is 0 Å². The predicted molar refractivity (Wildman–Crippen MR) is 45.7 cm³/mol. The molecule has 2 nitrogen and oxygen atoms in total. The molecule has 1 aliphatic rings. The van der Waals surface area contributed by atoms with Crippen molar-refractivity contribution in [3.05, 3.63) is 16.8 Å². The lowest BCUT2D eigenvalue weighted by Gasteiger charge is -1.98. The Kier molecular flexibility index (Phi) is 1.66. The number of carbonyl (C=O) groups excluding carboxylic acids is 1. The molecular weight excluding hydrogens is 158 g/mol. The SMILES string of the molecule is O=C(Nc1ccsc1)C1CC1. The molecule has 0 aromatic carbocycles. The van der Waals surface area contributed by atoms with Gasteiger partial charge in [0.05, 0.1) is 5.69 Å². The second kappa shape index (κ2) is 2.66. The first kappa shape index (κ1) is 6.85. The van der Waals surface area contributed by atoms with Gasteiger partial charge in [0.15, 0.2) is 0 Å². The summed E-state index contributed by atoms with van der Waals surface area (Å²) in [7, 11) is 0. The van der Waals surface area contributed by atoms with Gasteiger partial charge in [0.25, 0.3) is 0 Å². The molecular formula is C8H9NOS. The molecule has 1 heterocycles. The molecule has 0 unspecified atom stereocenters. The maximum atomic E-state index is 11.2. The van der Waals surface area contributed by atoms with Crippen molar-refractivity contribution < 1.29 is 4.79 Å². The summed E-state index contributed by atoms with van der Waals surface area (Å²) in [6.07, 6.45) is 2.13. The average Bonchev–Trinajstić information content (AvgIpc) is 2.73. The molecule has 1 fully saturated rings. The predicted octanol–water partition coefficient (Wildman–Crippen LogP) is 2.10. The molecule has 1 amide bonds. The highest BCUT2D eigenvalue weighted by molar-refractivity contribution is 7.08. The van der Waals surface area contributed by atoms with Gasteiger partial charge < -0.3 is 5.32 Å². The largest absolute Gasteiger partial charge is 0.325 e. The quantitative estimate of drug-likeness (QED) is 0.718. The topological polar surface area (TPSA) is 29.1 Å². The van der Waals surface area contributed by atoms with Crippen LogP contribution in [0.25, 0.3) is 0 Å². The number of thiophene rings is 1. The molecule has 1 saturated carbocycles. The van der Waals surface area contributed by atoms with Crippen molar-refractivity contribution in [3.8, 4) is 0 Å². The molecule has 0 bridgehead atoms. The minimum absolute atomic E-state index is 0.184. The Balaban J connectivity index is 1.94. The van der Waals surface area contributed by atoms with Crippen molar-refractivity contribution in [2.75, 3.05) is 5.32 Å². The number of hydrogen-bond acceptors (Lipinski definition) is 2. The van der Waals surface area contributed by atoms with Crippen molar-refractivity contribution in [2.24, 2.45) is 5.92 Å². The van der Waals surface area contributed by atoms with Gasteiger partial charge in [-0.3, -0.25) is 4.79 Å². The molecule has 0 atom stereocenters. The Hall–Kier alpha value is -0.830. The lowest BCUT2D eigenvalue weighted by molar-refractivity contribution is -0.117. The van der Waals surface area contributed by atoms with Crippen LogP contribution in [0.4, 0.5) is 5.69 Å². The van der Waals surface area contributed by atoms with Crippen molar-refractivity contribution in [3.63, 3.8) is 0 Å². The summed E-state index contributed by atoms with van der Waals surface area (Å²) >= 11 is 1.60. The van der Waals surface area contributed by atoms with E-state index in [-0.39, 0.29) is 5.91 Å². The first-order valence-corrected chi connectivity index (χ1v) is 4.63. The van der Waals surface area contributed by atoms with E-state index < -0.39 is 0 Å². The molecule has 3 heteroatoms. The Labute approximate surface area is 69.2 Å². The van der Waals surface area contributed by atoms with E-state index in [9.17, 15) is 4.79 Å². The maximum Gasteiger partial charge on any atom is 0.227 e. The first-order valence-electron chi connectivity index (χ1n) is 3.69. The third-order valence-corrected chi connectivity index (χ3v) is 2.42. The Morgan fingerprint density at radius 3 is 3.00 bits per heavy atom. The summed E-state index contributed by atoms with van der Waals surface area (Å²) in [5.41, 5.74) is 0.937. The molecule has 0 saturated heterocycles. The Morgan fingerprint density at radius 2 is 2.45 bits per heavy atom. The molecule has 1 N–H and O–H groups in total. The molecule has 2 rings (SSSR count). The zero-order chi connectivity index (χ0) is 7.68. The van der Waals surface area contributed by atoms with Crippen LogP contribution in [0.15, 0.2) is 16.8 Å². The minimum atomic E-state index is 0.184. The van der Waals surface area contributed by atoms with E-state index in [2.05, 4.69) is 5.32 Å². The Bertz CT molecular complexity index is 251. The molecule has 1 aliphatic carbocycles. The molecule has 11 heavy (non-hydrogen) atoms. The third kappa shape index (κ3) is 1.60. The highest BCUT2D eigenvalue weighted by Crippen LogP contribution is 2.30. The van der Waals surface area contributed by atoms with Gasteiger partial charge in [-0.2, -0.15) is 11.3 Å². The second-order valence-corrected chi connectivity index (χ2v) is 3.56. The van der Waals surface area contributed by atoms with Crippen LogP contribution in [0.2, 0.25) is 0 Å². The van der Waals surface area contributed by atoms with Crippen LogP contribution in [0.1, 0.15) is 12.8 Å². The fourth-order valence-corrected chi connectivity index (χ4v) is 1.51. The number of carbonyl (C=O) groups is 1. The summed E-state index contributed by atoms with van der Waals surface area (Å²) < 4.78 is 0. The zero-order valence-corrected chi connectivity index (χ0v) is 6.86. The summed E-state index contributed by atoms with van der Waals surface area (Å²) in [4.78, 5) is 11.2. The van der Waals surface area contributed by atoms with Crippen LogP contribution in [0, 0.1) is 5.92 Å². The average molecular weight is 167 g/mol. The summed E-state index contributed by atoms with van der Waals surface area (Å²) in [6.45, 7) is 0. The fraction of sp³-hybridized carbons (Fsp3) is 0.375. The molecule has 1 aromatic heterocycles. The van der Waals surface area contributed by atoms with Gasteiger partial charge in [-0.15, -0.1) is 0 Å². The number of anilines is 1. The van der Waals surface area contributed by atoms with Gasteiger partial charge in [0.1, 0.15) is 0 Å². The normalized spacial score (nSPS) is 16.4. The number of rotatable bonds is 2. The van der Waals surface area contributed by atoms with Gasteiger partial charge in [-0.05, 0) is 24.3 Å². The Morgan fingerprint density at radius 1 is 1.64 bits per heavy atom. The van der Waals surface area contributed by atoms with E-state index >= 15 is 0 Å². The highest BCUT2D eigenvalue weighted by Gasteiger charge is 2.29. The molecule has 0 spiro atoms. The van der Waals surface area contributed by atoms with Gasteiger partial charge in [0, 0.05) is 11.3 Å². The van der Waals surface area contributed by atoms with Gasteiger partial charge in [-0.1, -0.05) is 0 Å². The van der Waals surface area contributed by atoms with E-state index in [4.69, 9.17) is 0 Å². The zero-order valence-electron chi connectivity index (χ0n) is 6.04. The number of hydrogen-bond donors (Lipinski definition) is 1. The smallest absolute Gasteiger partial charge is 0.227 e. The van der Waals surface area contributed by atoms with Crippen LogP contribution in [0.5, 0.6) is 0 Å². The molecule has 0 aliphatic heterocycles. The lowest BCUT2D eigenvalue weighted by Crippen LogP contribution is -2.12. The maximum absolute atomic E-state index is 11.2. The van der Waals surface area contributed by atoms with Crippen LogP contribution in [-0.4, -0.2) is 5.91 Å². The summed E-state index contributed by atoms with van der Waals surface area (Å²) in [5.74, 6) is 0.485. The third-order valence-electron chi connectivity index (χ3n) is 1.74. The second-order valence-electron chi connectivity index (χ2n) is 2.78. The molecule has 58 valence electrons. The molecule has 0 radical (unpaired) electrons. The van der Waals surface area contributed by atoms with Crippen molar-refractivity contribution in [1.29, 1.82) is 0 Å². The monoisotopic (exact) mass is 167 g/mol. The van der Waals surface area contributed by atoms with Crippen LogP contribution in [-0.2, 0) is 4.79 Å². The number of amides is 1. The fourth-order valence-electron chi connectivity index (χ4n) is 0.925. The van der Waals surface area contributed by atoms with Crippen LogP contribution >= 0.6 is 11.3 Å². The number of nitrogens with one attached hydrogen (secondary N) is 1. The van der Waals surface area contributed by atoms with E-state index in [0.717, 1.165) is 18.5 Å². The van der Waals surface area contributed by atoms with E-state index in [1.54, 1.807) is 11.3 Å². The van der Waals surface area contributed by atoms with Crippen molar-refractivity contribution in [1.82, 2.24) is 0 Å². The van der Waals surface area contributed by atoms with Gasteiger partial charge in [-0.25, -0.2) is 0 Å². The first-order chi connectivity index (χ1) is 5.36. The van der Waals surface area contributed by atoms with Crippen molar-refractivity contribution in [2.45, 2.75) is 12.8 Å². The van der Waals surface area contributed by atoms with Gasteiger partial charge in [0.2, 0.25) is 5.91 Å². The van der Waals surface area contributed by atoms with Crippen LogP contribution < -0.4 is 5.32 Å². The lowest BCUT2D eigenvalue weighted by atomic mass is 10.4. The van der Waals surface area contributed by atoms with Crippen LogP contribution in [0.3, 0.4) is 0 Å². The highest BCUT2D eigenvalue weighted by atomic mass is 32.1. The van der Waals surface area contributed by atoms with Crippen molar-refractivity contribution >= 4 is 22.9 Å². The molecule has 1 aromatic rings. The summed E-state index contributed by atoms with van der Waals surface area (Å²) in [5, 5.41) is 6.76. The van der Waals surface area contributed by atoms with E-state index in [0.29, 0.717) is 5.92 Å². The van der Waals surface area contributed by atoms with E-state index in [1.807, 2.05) is 16.8 Å². The summed E-state index contributed by atoms with van der Waals surface area (Å²) in [6, 6.07) is 1.92. The van der Waals surface area contributed by atoms with Gasteiger partial charge >= 0.3 is 0 Å². The minimum Gasteiger partial charge on any atom is -0.325 e. The standard InChI is InChI=1S/C8H9NOS/c10-8(6-1-2-6)9-7-3-4-11-5-7/h3-6H,1-2H2,(H,9,10).